The normalized spacial score (nSPS) is 9.83. The fourth-order valence-electron chi connectivity index (χ4n) is 0.736. The van der Waals surface area contributed by atoms with Crippen molar-refractivity contribution < 1.29 is 9.59 Å². The Morgan fingerprint density at radius 2 is 1.92 bits per heavy atom. The van der Waals surface area contributed by atoms with Gasteiger partial charge >= 0.3 is 5.69 Å². The first kappa shape index (κ1) is 8.38. The van der Waals surface area contributed by atoms with Crippen LogP contribution in [0.25, 0.3) is 0 Å². The highest BCUT2D eigenvalue weighted by Crippen LogP contribution is 1.79. The Morgan fingerprint density at radius 1 is 1.33 bits per heavy atom. The third-order valence-corrected chi connectivity index (χ3v) is 1.31. The van der Waals surface area contributed by atoms with Crippen molar-refractivity contribution in [3.63, 3.8) is 0 Å². The van der Waals surface area contributed by atoms with E-state index in [2.05, 4.69) is 5.10 Å². The van der Waals surface area contributed by atoms with Crippen LogP contribution < -0.4 is 5.69 Å². The zero-order chi connectivity index (χ0) is 9.30. The summed E-state index contributed by atoms with van der Waals surface area (Å²) in [5, 5.41) is 3.43. The lowest BCUT2D eigenvalue weighted by Gasteiger charge is -1.89. The van der Waals surface area contributed by atoms with Gasteiger partial charge in [-0.1, -0.05) is 0 Å². The Labute approximate surface area is 67.4 Å². The molecule has 12 heavy (non-hydrogen) atoms. The molecule has 1 aromatic rings. The van der Waals surface area contributed by atoms with Crippen LogP contribution in [0.3, 0.4) is 0 Å². The number of rotatable bonds is 0. The van der Waals surface area contributed by atoms with E-state index in [9.17, 15) is 14.4 Å². The predicted octanol–water partition coefficient (Wildman–Crippen LogP) is -0.635. The SMILES string of the molecule is CC(=O)n1cnn(C(C)=O)c1=O. The lowest BCUT2D eigenvalue weighted by atomic mass is 10.7. The van der Waals surface area contributed by atoms with Crippen molar-refractivity contribution in [1.82, 2.24) is 14.3 Å². The molecule has 0 aliphatic heterocycles. The maximum Gasteiger partial charge on any atom is 0.359 e. The number of aromatic nitrogens is 3. The second-order valence-electron chi connectivity index (χ2n) is 2.23. The number of nitrogens with zero attached hydrogens (tertiary/aromatic N) is 3. The Kier molecular flexibility index (Phi) is 1.90. The average Bonchev–Trinajstić information content (AvgIpc) is 2.30. The van der Waals surface area contributed by atoms with Crippen LogP contribution in [-0.2, 0) is 0 Å². The summed E-state index contributed by atoms with van der Waals surface area (Å²) in [6, 6.07) is 0. The van der Waals surface area contributed by atoms with Crippen LogP contribution in [0.2, 0.25) is 0 Å². The highest BCUT2D eigenvalue weighted by Gasteiger charge is 2.09. The summed E-state index contributed by atoms with van der Waals surface area (Å²) in [7, 11) is 0. The molecule has 0 amide bonds. The molecule has 0 bridgehead atoms. The molecular formula is C6H7N3O3. The molecule has 6 nitrogen and oxygen atoms in total. The van der Waals surface area contributed by atoms with Crippen molar-refractivity contribution in [2.75, 3.05) is 0 Å². The summed E-state index contributed by atoms with van der Waals surface area (Å²) >= 11 is 0. The lowest BCUT2D eigenvalue weighted by molar-refractivity contribution is 0.0912. The average molecular weight is 169 g/mol. The molecule has 0 aliphatic rings. The second kappa shape index (κ2) is 2.72. The van der Waals surface area contributed by atoms with Gasteiger partial charge in [0.1, 0.15) is 6.33 Å². The van der Waals surface area contributed by atoms with Gasteiger partial charge < -0.3 is 0 Å². The second-order valence-corrected chi connectivity index (χ2v) is 2.23. The molecule has 1 rings (SSSR count). The van der Waals surface area contributed by atoms with E-state index in [1.54, 1.807) is 0 Å². The van der Waals surface area contributed by atoms with Gasteiger partial charge in [0.15, 0.2) is 0 Å². The van der Waals surface area contributed by atoms with E-state index in [1.165, 1.54) is 13.8 Å². The molecule has 0 spiro atoms. The molecule has 6 heteroatoms. The third kappa shape index (κ3) is 1.18. The Bertz CT molecular complexity index is 352. The standard InChI is InChI=1S/C6H7N3O3/c1-4(10)8-3-7-9(5(2)11)6(8)12/h3H,1-2H3. The maximum absolute atomic E-state index is 11.1. The largest absolute Gasteiger partial charge is 0.359 e. The molecule has 0 aliphatic carbocycles. The van der Waals surface area contributed by atoms with Gasteiger partial charge in [0, 0.05) is 13.8 Å². The van der Waals surface area contributed by atoms with Gasteiger partial charge in [0.25, 0.3) is 0 Å². The molecule has 64 valence electrons. The van der Waals surface area contributed by atoms with Gasteiger partial charge in [-0.3, -0.25) is 9.59 Å². The van der Waals surface area contributed by atoms with Crippen LogP contribution in [0, 0.1) is 0 Å². The lowest BCUT2D eigenvalue weighted by Crippen LogP contribution is -2.30. The summed E-state index contributed by atoms with van der Waals surface area (Å²) in [4.78, 5) is 32.5. The van der Waals surface area contributed by atoms with E-state index >= 15 is 0 Å². The highest BCUT2D eigenvalue weighted by molar-refractivity contribution is 5.78. The zero-order valence-corrected chi connectivity index (χ0v) is 6.64. The van der Waals surface area contributed by atoms with Gasteiger partial charge in [0.2, 0.25) is 11.8 Å². The number of carbonyl (C=O) groups excluding carboxylic acids is 2. The molecule has 0 unspecified atom stereocenters. The van der Waals surface area contributed by atoms with E-state index in [4.69, 9.17) is 0 Å². The van der Waals surface area contributed by atoms with Crippen molar-refractivity contribution in [2.45, 2.75) is 13.8 Å². The first-order valence-electron chi connectivity index (χ1n) is 3.22. The van der Waals surface area contributed by atoms with Crippen LogP contribution >= 0.6 is 0 Å². The van der Waals surface area contributed by atoms with Gasteiger partial charge in [0.05, 0.1) is 0 Å². The molecule has 0 radical (unpaired) electrons. The quantitative estimate of drug-likeness (QED) is 0.518. The van der Waals surface area contributed by atoms with E-state index in [1.807, 2.05) is 0 Å². The van der Waals surface area contributed by atoms with Crippen molar-refractivity contribution in [3.8, 4) is 0 Å². The van der Waals surface area contributed by atoms with Gasteiger partial charge in [-0.05, 0) is 0 Å². The number of hydrogen-bond donors (Lipinski definition) is 0. The molecule has 0 N–H and O–H groups in total. The van der Waals surface area contributed by atoms with Crippen molar-refractivity contribution in [1.29, 1.82) is 0 Å². The van der Waals surface area contributed by atoms with Crippen LogP contribution in [0.5, 0.6) is 0 Å². The van der Waals surface area contributed by atoms with Gasteiger partial charge in [-0.15, -0.1) is 4.68 Å². The first-order chi connectivity index (χ1) is 5.54. The fourth-order valence-corrected chi connectivity index (χ4v) is 0.736. The minimum atomic E-state index is -0.727. The minimum Gasteiger partial charge on any atom is -0.274 e. The smallest absolute Gasteiger partial charge is 0.274 e. The summed E-state index contributed by atoms with van der Waals surface area (Å²) in [5.74, 6) is -0.979. The van der Waals surface area contributed by atoms with Gasteiger partial charge in [-0.25, -0.2) is 9.36 Å². The topological polar surface area (TPSA) is 74.0 Å². The van der Waals surface area contributed by atoms with Crippen molar-refractivity contribution in [2.24, 2.45) is 0 Å². The summed E-state index contributed by atoms with van der Waals surface area (Å²) in [5.41, 5.74) is -0.727. The highest BCUT2D eigenvalue weighted by atomic mass is 16.2. The third-order valence-electron chi connectivity index (χ3n) is 1.31. The molecular weight excluding hydrogens is 162 g/mol. The van der Waals surface area contributed by atoms with Crippen molar-refractivity contribution in [3.05, 3.63) is 16.8 Å². The monoisotopic (exact) mass is 169 g/mol. The number of carbonyl (C=O) groups is 2. The molecule has 1 heterocycles. The molecule has 0 aromatic carbocycles. The summed E-state index contributed by atoms with van der Waals surface area (Å²) in [6.07, 6.45) is 1.02. The Morgan fingerprint density at radius 3 is 2.17 bits per heavy atom. The van der Waals surface area contributed by atoms with E-state index in [0.717, 1.165) is 10.9 Å². The fraction of sp³-hybridized carbons (Fsp3) is 0.333. The summed E-state index contributed by atoms with van der Waals surface area (Å²) in [6.45, 7) is 2.41. The number of hydrogen-bond acceptors (Lipinski definition) is 4. The first-order valence-corrected chi connectivity index (χ1v) is 3.22. The molecule has 0 saturated heterocycles. The zero-order valence-electron chi connectivity index (χ0n) is 6.64. The molecule has 0 fully saturated rings. The van der Waals surface area contributed by atoms with Crippen LogP contribution in [0.1, 0.15) is 23.4 Å². The van der Waals surface area contributed by atoms with E-state index in [-0.39, 0.29) is 0 Å². The predicted molar refractivity (Wildman–Crippen MR) is 39.1 cm³/mol. The van der Waals surface area contributed by atoms with E-state index in [0.29, 0.717) is 4.68 Å². The Balaban J connectivity index is 3.32. The maximum atomic E-state index is 11.1. The van der Waals surface area contributed by atoms with Crippen molar-refractivity contribution >= 4 is 11.8 Å². The van der Waals surface area contributed by atoms with Crippen LogP contribution in [-0.4, -0.2) is 26.2 Å². The van der Waals surface area contributed by atoms with Crippen LogP contribution in [0.4, 0.5) is 0 Å². The summed E-state index contributed by atoms with van der Waals surface area (Å²) < 4.78 is 1.39. The van der Waals surface area contributed by atoms with E-state index < -0.39 is 17.5 Å². The Hall–Kier alpha value is -1.72. The molecule has 0 atom stereocenters. The van der Waals surface area contributed by atoms with Crippen LogP contribution in [0.15, 0.2) is 11.1 Å². The molecule has 0 saturated carbocycles. The van der Waals surface area contributed by atoms with Gasteiger partial charge in [-0.2, -0.15) is 5.10 Å². The minimum absolute atomic E-state index is 0.465. The molecule has 1 aromatic heterocycles.